The summed E-state index contributed by atoms with van der Waals surface area (Å²) in [6.45, 7) is 4.36. The molecule has 0 amide bonds. The number of aliphatic hydroxyl groups excluding tert-OH is 1. The molecule has 0 heterocycles. The van der Waals surface area contributed by atoms with Gasteiger partial charge < -0.3 is 24.2 Å². The van der Waals surface area contributed by atoms with Gasteiger partial charge in [0.25, 0.3) is 0 Å². The monoisotopic (exact) mass is 977 g/mol. The number of unbranched alkanes of at least 4 members (excludes halogenated alkanes) is 20. The first-order valence-corrected chi connectivity index (χ1v) is 28.3. The number of ether oxygens (including phenoxy) is 3. The molecule has 0 spiro atoms. The van der Waals surface area contributed by atoms with Crippen LogP contribution < -0.4 is 0 Å². The van der Waals surface area contributed by atoms with E-state index in [2.05, 4.69) is 93.7 Å². The van der Waals surface area contributed by atoms with Crippen LogP contribution >= 0.6 is 7.82 Å². The molecule has 11 nitrogen and oxygen atoms in total. The predicted molar refractivity (Wildman–Crippen MR) is 279 cm³/mol. The molecule has 3 atom stereocenters. The summed E-state index contributed by atoms with van der Waals surface area (Å²) in [6.07, 6.45) is 54.4. The van der Waals surface area contributed by atoms with Crippen LogP contribution in [-0.2, 0) is 42.2 Å². The van der Waals surface area contributed by atoms with E-state index in [1.807, 2.05) is 0 Å². The number of rotatable bonds is 49. The van der Waals surface area contributed by atoms with E-state index in [0.717, 1.165) is 109 Å². The number of hydrogen-bond donors (Lipinski definition) is 2. The van der Waals surface area contributed by atoms with Crippen LogP contribution in [0.1, 0.15) is 226 Å². The van der Waals surface area contributed by atoms with Crippen molar-refractivity contribution in [2.75, 3.05) is 26.4 Å². The van der Waals surface area contributed by atoms with Crippen LogP contribution in [0.3, 0.4) is 0 Å². The summed E-state index contributed by atoms with van der Waals surface area (Å²) >= 11 is 0. The second kappa shape index (κ2) is 50.3. The van der Waals surface area contributed by atoms with Gasteiger partial charge in [0.15, 0.2) is 6.10 Å². The number of phosphoric ester groups is 1. The van der Waals surface area contributed by atoms with Crippen LogP contribution in [0.2, 0.25) is 0 Å². The van der Waals surface area contributed by atoms with Gasteiger partial charge >= 0.3 is 25.7 Å². The largest absolute Gasteiger partial charge is 0.472 e. The molecule has 12 heteroatoms. The lowest BCUT2D eigenvalue weighted by Crippen LogP contribution is -2.30. The lowest BCUT2D eigenvalue weighted by Gasteiger charge is -2.21. The molecule has 0 aromatic heterocycles. The van der Waals surface area contributed by atoms with E-state index in [1.165, 1.54) is 57.8 Å². The SMILES string of the molecule is CC/C=C\C/C=C\C/C=C\CCCCCCCCCC(=O)OCC(COP(=O)(O)OCC(CO)OC(=O)CCCCCCCCCCCCC)OC(=O)CCCCC/C=C\C/C=C\C/C=C\CC. The van der Waals surface area contributed by atoms with Crippen LogP contribution in [0, 0.1) is 0 Å². The van der Waals surface area contributed by atoms with Crippen LogP contribution in [0.4, 0.5) is 0 Å². The number of phosphoric acid groups is 1. The van der Waals surface area contributed by atoms with E-state index in [1.54, 1.807) is 0 Å². The Labute approximate surface area is 414 Å². The second-order valence-corrected chi connectivity index (χ2v) is 19.1. The zero-order valence-electron chi connectivity index (χ0n) is 43.1. The Morgan fingerprint density at radius 1 is 0.426 bits per heavy atom. The molecule has 0 saturated heterocycles. The van der Waals surface area contributed by atoms with Crippen molar-refractivity contribution in [2.45, 2.75) is 238 Å². The maximum Gasteiger partial charge on any atom is 0.472 e. The van der Waals surface area contributed by atoms with Crippen molar-refractivity contribution >= 4 is 25.7 Å². The Morgan fingerprint density at radius 2 is 0.765 bits per heavy atom. The number of esters is 3. The summed E-state index contributed by atoms with van der Waals surface area (Å²) in [5.41, 5.74) is 0. The van der Waals surface area contributed by atoms with E-state index < -0.39 is 57.8 Å². The highest BCUT2D eigenvalue weighted by Crippen LogP contribution is 2.43. The number of allylic oxidation sites excluding steroid dienone is 12. The van der Waals surface area contributed by atoms with Crippen LogP contribution in [-0.4, -0.2) is 66.5 Å². The van der Waals surface area contributed by atoms with Gasteiger partial charge in [0, 0.05) is 19.3 Å². The van der Waals surface area contributed by atoms with E-state index in [4.69, 9.17) is 23.3 Å². The minimum atomic E-state index is -4.75. The molecule has 0 fully saturated rings. The summed E-state index contributed by atoms with van der Waals surface area (Å²) in [5, 5.41) is 9.77. The Hall–Kier alpha value is -3.08. The first-order valence-electron chi connectivity index (χ1n) is 26.8. The Balaban J connectivity index is 4.77. The average Bonchev–Trinajstić information content (AvgIpc) is 3.32. The molecule has 68 heavy (non-hydrogen) atoms. The van der Waals surface area contributed by atoms with Gasteiger partial charge in [-0.1, -0.05) is 196 Å². The predicted octanol–water partition coefficient (Wildman–Crippen LogP) is 15.4. The smallest absolute Gasteiger partial charge is 0.462 e. The number of carbonyl (C=O) groups excluding carboxylic acids is 3. The van der Waals surface area contributed by atoms with Crippen molar-refractivity contribution in [3.8, 4) is 0 Å². The third-order valence-corrected chi connectivity index (χ3v) is 12.1. The summed E-state index contributed by atoms with van der Waals surface area (Å²) in [7, 11) is -4.75. The maximum absolute atomic E-state index is 12.8. The van der Waals surface area contributed by atoms with Gasteiger partial charge in [0.1, 0.15) is 12.7 Å². The van der Waals surface area contributed by atoms with E-state index >= 15 is 0 Å². The molecule has 2 N–H and O–H groups in total. The highest BCUT2D eigenvalue weighted by Gasteiger charge is 2.28. The molecule has 0 bridgehead atoms. The van der Waals surface area contributed by atoms with Gasteiger partial charge in [-0.3, -0.25) is 23.4 Å². The third kappa shape index (κ3) is 48.0. The molecule has 0 saturated carbocycles. The fourth-order valence-electron chi connectivity index (χ4n) is 7.09. The van der Waals surface area contributed by atoms with Crippen molar-refractivity contribution in [3.05, 3.63) is 72.9 Å². The number of carbonyl (C=O) groups is 3. The van der Waals surface area contributed by atoms with Gasteiger partial charge in [-0.15, -0.1) is 0 Å². The van der Waals surface area contributed by atoms with Crippen LogP contribution in [0.5, 0.6) is 0 Å². The fourth-order valence-corrected chi connectivity index (χ4v) is 7.87. The zero-order valence-corrected chi connectivity index (χ0v) is 43.9. The topological polar surface area (TPSA) is 155 Å². The van der Waals surface area contributed by atoms with Gasteiger partial charge in [0.2, 0.25) is 0 Å². The summed E-state index contributed by atoms with van der Waals surface area (Å²) in [4.78, 5) is 48.3. The first-order chi connectivity index (χ1) is 33.2. The van der Waals surface area contributed by atoms with Gasteiger partial charge in [-0.05, 0) is 83.5 Å². The zero-order chi connectivity index (χ0) is 49.9. The van der Waals surface area contributed by atoms with E-state index in [9.17, 15) is 28.9 Å². The molecule has 0 rings (SSSR count). The normalized spacial score (nSPS) is 14.0. The molecular formula is C56H97O11P. The molecule has 392 valence electrons. The van der Waals surface area contributed by atoms with Gasteiger partial charge in [-0.2, -0.15) is 0 Å². The standard InChI is InChI=1S/C56H97O11P/c1-4-7-10-13-16-19-22-24-25-26-27-29-31-33-36-39-42-45-54(58)63-49-53(67-56(60)47-44-41-38-35-32-28-23-20-17-14-11-8-5-2)51-65-68(61,62)64-50-52(48-57)66-55(59)46-43-40-37-34-30-21-18-15-12-9-6-3/h7-8,10-11,16-17,19-20,24-25,28,32,52-53,57H,4-6,9,12-15,18,21-23,26-27,29-31,33-51H2,1-3H3,(H,61,62)/b10-7-,11-8-,19-16-,20-17-,25-24-,32-28-. The van der Waals surface area contributed by atoms with Gasteiger partial charge in [0.05, 0.1) is 19.8 Å². The molecule has 0 aliphatic carbocycles. The third-order valence-electron chi connectivity index (χ3n) is 11.1. The minimum absolute atomic E-state index is 0.129. The van der Waals surface area contributed by atoms with Crippen molar-refractivity contribution in [3.63, 3.8) is 0 Å². The highest BCUT2D eigenvalue weighted by atomic mass is 31.2. The Bertz CT molecular complexity index is 1420. The molecule has 3 unspecified atom stereocenters. The number of hydrogen-bond acceptors (Lipinski definition) is 10. The van der Waals surface area contributed by atoms with Crippen molar-refractivity contribution in [1.82, 2.24) is 0 Å². The Morgan fingerprint density at radius 3 is 1.19 bits per heavy atom. The van der Waals surface area contributed by atoms with Crippen molar-refractivity contribution in [1.29, 1.82) is 0 Å². The van der Waals surface area contributed by atoms with Gasteiger partial charge in [-0.25, -0.2) is 4.57 Å². The summed E-state index contributed by atoms with van der Waals surface area (Å²) in [5.74, 6) is -1.51. The maximum atomic E-state index is 12.8. The number of aliphatic hydroxyl groups is 1. The molecule has 0 radical (unpaired) electrons. The second-order valence-electron chi connectivity index (χ2n) is 17.6. The van der Waals surface area contributed by atoms with Crippen LogP contribution in [0.25, 0.3) is 0 Å². The minimum Gasteiger partial charge on any atom is -0.462 e. The molecule has 0 aromatic rings. The molecule has 0 aliphatic heterocycles. The average molecular weight is 977 g/mol. The first kappa shape index (κ1) is 64.9. The Kier molecular flexibility index (Phi) is 48.0. The van der Waals surface area contributed by atoms with Crippen molar-refractivity contribution < 1.29 is 52.2 Å². The fraction of sp³-hybridized carbons (Fsp3) is 0.732. The van der Waals surface area contributed by atoms with Crippen LogP contribution in [0.15, 0.2) is 72.9 Å². The highest BCUT2D eigenvalue weighted by molar-refractivity contribution is 7.47. The lowest BCUT2D eigenvalue weighted by molar-refractivity contribution is -0.161. The summed E-state index contributed by atoms with van der Waals surface area (Å²) < 4.78 is 39.3. The van der Waals surface area contributed by atoms with E-state index in [0.29, 0.717) is 19.3 Å². The van der Waals surface area contributed by atoms with E-state index in [-0.39, 0.29) is 25.9 Å². The molecule has 0 aromatic carbocycles. The summed E-state index contributed by atoms with van der Waals surface area (Å²) in [6, 6.07) is 0. The molecular weight excluding hydrogens is 880 g/mol. The molecule has 0 aliphatic rings. The lowest BCUT2D eigenvalue weighted by atomic mass is 10.1. The van der Waals surface area contributed by atoms with Crippen molar-refractivity contribution in [2.24, 2.45) is 0 Å². The quantitative estimate of drug-likeness (QED) is 0.0197.